The summed E-state index contributed by atoms with van der Waals surface area (Å²) < 4.78 is 31.8. The van der Waals surface area contributed by atoms with Gasteiger partial charge in [0.05, 0.1) is 19.8 Å². The first-order valence-electron chi connectivity index (χ1n) is 13.9. The smallest absolute Gasteiger partial charge is 0.335 e. The van der Waals surface area contributed by atoms with Crippen molar-refractivity contribution in [2.24, 2.45) is 0 Å². The van der Waals surface area contributed by atoms with Crippen LogP contribution in [0.2, 0.25) is 0 Å². The lowest BCUT2D eigenvalue weighted by atomic mass is 9.96. The molecule has 0 radical (unpaired) electrons. The van der Waals surface area contributed by atoms with Crippen LogP contribution in [-0.2, 0) is 38.0 Å². The van der Waals surface area contributed by atoms with Gasteiger partial charge in [-0.05, 0) is 0 Å². The molecule has 0 aromatic carbocycles. The lowest BCUT2D eigenvalue weighted by molar-refractivity contribution is -0.381. The van der Waals surface area contributed by atoms with Crippen LogP contribution in [0.3, 0.4) is 0 Å². The van der Waals surface area contributed by atoms with Gasteiger partial charge in [0.2, 0.25) is 0 Å². The predicted molar refractivity (Wildman–Crippen MR) is 136 cm³/mol. The van der Waals surface area contributed by atoms with Crippen LogP contribution in [0.4, 0.5) is 0 Å². The molecule has 3 saturated heterocycles. The molecule has 0 spiro atoms. The molecule has 22 nitrogen and oxygen atoms in total. The minimum atomic E-state index is -2.16. The highest BCUT2D eigenvalue weighted by atomic mass is 16.8. The Balaban J connectivity index is 1.74. The first-order chi connectivity index (χ1) is 21.6. The minimum absolute atomic E-state index is 0.109. The molecule has 0 aromatic heterocycles. The fraction of sp³-hybridized carbons (Fsp3) is 0.917. The number of carboxylic acids is 1. The van der Waals surface area contributed by atoms with Crippen molar-refractivity contribution in [2.45, 2.75) is 117 Å². The number of ether oxygens (including phenoxy) is 6. The van der Waals surface area contributed by atoms with Gasteiger partial charge >= 0.3 is 5.97 Å². The topological polar surface area (TPSA) is 373 Å². The van der Waals surface area contributed by atoms with Gasteiger partial charge in [0.25, 0.3) is 0 Å². The number of carbonyl (C=O) groups is 2. The minimum Gasteiger partial charge on any atom is -0.479 e. The summed E-state index contributed by atoms with van der Waals surface area (Å²) >= 11 is 0. The molecule has 0 bridgehead atoms. The van der Waals surface area contributed by atoms with E-state index in [2.05, 4.69) is 0 Å². The van der Waals surface area contributed by atoms with Crippen molar-refractivity contribution in [1.29, 1.82) is 0 Å². The van der Waals surface area contributed by atoms with E-state index in [0.717, 1.165) is 0 Å². The molecule has 3 heterocycles. The van der Waals surface area contributed by atoms with Crippen LogP contribution in [0.1, 0.15) is 0 Å². The molecular weight excluding hydrogens is 640 g/mol. The maximum absolute atomic E-state index is 11.4. The second-order valence-corrected chi connectivity index (χ2v) is 10.8. The van der Waals surface area contributed by atoms with E-state index in [-0.39, 0.29) is 6.29 Å². The molecular formula is C24H40O22. The normalized spacial score (nSPS) is 44.6. The summed E-state index contributed by atoms with van der Waals surface area (Å²) in [6.45, 7) is -3.03. The highest BCUT2D eigenvalue weighted by Crippen LogP contribution is 2.33. The van der Waals surface area contributed by atoms with Gasteiger partial charge in [0.15, 0.2) is 31.3 Å². The third-order valence-corrected chi connectivity index (χ3v) is 7.72. The second kappa shape index (κ2) is 16.7. The molecule has 0 unspecified atom stereocenters. The zero-order valence-corrected chi connectivity index (χ0v) is 23.7. The van der Waals surface area contributed by atoms with Gasteiger partial charge in [0, 0.05) is 0 Å². The lowest BCUT2D eigenvalue weighted by Crippen LogP contribution is -2.67. The maximum atomic E-state index is 11.4. The summed E-state index contributed by atoms with van der Waals surface area (Å²) in [4.78, 5) is 22.3. The molecule has 0 amide bonds. The van der Waals surface area contributed by atoms with Gasteiger partial charge < -0.3 is 105 Å². The molecule has 22 heteroatoms. The number of rotatable bonds is 14. The van der Waals surface area contributed by atoms with Gasteiger partial charge in [-0.15, -0.1) is 0 Å². The van der Waals surface area contributed by atoms with E-state index in [4.69, 9.17) is 28.4 Å². The molecule has 0 saturated carbocycles. The summed E-state index contributed by atoms with van der Waals surface area (Å²) in [5, 5.41) is 141. The van der Waals surface area contributed by atoms with E-state index >= 15 is 0 Å². The summed E-state index contributed by atoms with van der Waals surface area (Å²) in [5.74, 6) is -1.74. The van der Waals surface area contributed by atoms with Gasteiger partial charge in [-0.25, -0.2) is 4.79 Å². The molecule has 268 valence electrons. The zero-order chi connectivity index (χ0) is 34.6. The molecule has 3 fully saturated rings. The molecule has 46 heavy (non-hydrogen) atoms. The fourth-order valence-corrected chi connectivity index (χ4v) is 5.07. The van der Waals surface area contributed by atoms with Gasteiger partial charge in [-0.2, -0.15) is 0 Å². The molecule has 3 rings (SSSR count). The number of carboxylic acid groups (broad SMARTS) is 1. The number of aliphatic hydroxyl groups is 13. The number of aliphatic carboxylic acids is 1. The van der Waals surface area contributed by atoms with E-state index in [1.807, 2.05) is 0 Å². The summed E-state index contributed by atoms with van der Waals surface area (Å²) in [6, 6.07) is 0. The van der Waals surface area contributed by atoms with Crippen molar-refractivity contribution >= 4 is 12.3 Å². The SMILES string of the molecule is O=C[C@H](O)[C@@H](O)[C@@H](O[C@H]1O[C@H](CO)[C@@H](O[C@@H]2O[C@H](CO)[C@@H](O[C@@H]3O[C@H](C(=O)O)[C@@H](O)[C@H](O)[C@H]3O)[C@H](O)[C@H]2O)[C@H](O)[C@H]1O)[C@H](O)CO. The molecule has 19 atom stereocenters. The Kier molecular flexibility index (Phi) is 14.1. The first-order valence-corrected chi connectivity index (χ1v) is 13.9. The number of hydrogen-bond donors (Lipinski definition) is 14. The Morgan fingerprint density at radius 1 is 0.674 bits per heavy atom. The highest BCUT2D eigenvalue weighted by molar-refractivity contribution is 5.73. The van der Waals surface area contributed by atoms with Crippen LogP contribution in [0.5, 0.6) is 0 Å². The molecule has 0 aromatic rings. The van der Waals surface area contributed by atoms with Crippen LogP contribution < -0.4 is 0 Å². The average molecular weight is 681 g/mol. The summed E-state index contributed by atoms with van der Waals surface area (Å²) in [6.07, 6.45) is -37.9. The van der Waals surface area contributed by atoms with E-state index in [1.165, 1.54) is 0 Å². The number of carbonyl (C=O) groups excluding carboxylic acids is 1. The van der Waals surface area contributed by atoms with Crippen LogP contribution in [0, 0.1) is 0 Å². The highest BCUT2D eigenvalue weighted by Gasteiger charge is 2.54. The van der Waals surface area contributed by atoms with Gasteiger partial charge in [-0.3, -0.25) is 0 Å². The van der Waals surface area contributed by atoms with Gasteiger partial charge in [-0.1, -0.05) is 0 Å². The largest absolute Gasteiger partial charge is 0.479 e. The Bertz CT molecular complexity index is 970. The van der Waals surface area contributed by atoms with Crippen molar-refractivity contribution in [3.05, 3.63) is 0 Å². The standard InChI is InChI=1S/C24H40O22/c25-1-5(29)9(31)17(6(30)2-26)43-22-15(37)12(34)18(7(3-27)41-22)44-23-16(38)13(35)19(8(4-28)42-23)45-24-14(36)10(32)11(33)20(46-24)21(39)40/h1,5-20,22-24,26-38H,2-4H2,(H,39,40)/t5-,6+,7+,8+,9+,10-,11-,12+,13+,14+,15+,16+,17-,18+,19+,20-,22+,23-,24+/m0/s1. The third kappa shape index (κ3) is 8.15. The van der Waals surface area contributed by atoms with E-state index in [0.29, 0.717) is 0 Å². The number of hydrogen-bond acceptors (Lipinski definition) is 21. The summed E-state index contributed by atoms with van der Waals surface area (Å²) in [7, 11) is 0. The zero-order valence-electron chi connectivity index (χ0n) is 23.7. The maximum Gasteiger partial charge on any atom is 0.335 e. The molecule has 3 aliphatic heterocycles. The number of aliphatic hydroxyl groups excluding tert-OH is 13. The Hall–Kier alpha value is -1.62. The van der Waals surface area contributed by atoms with Crippen molar-refractivity contribution in [3.8, 4) is 0 Å². The lowest BCUT2D eigenvalue weighted by Gasteiger charge is -2.48. The average Bonchev–Trinajstić information content (AvgIpc) is 3.04. The van der Waals surface area contributed by atoms with Gasteiger partial charge in [0.1, 0.15) is 91.6 Å². The Labute approximate surface area is 258 Å². The van der Waals surface area contributed by atoms with Crippen molar-refractivity contribution in [2.75, 3.05) is 19.8 Å². The van der Waals surface area contributed by atoms with Crippen molar-refractivity contribution in [3.63, 3.8) is 0 Å². The Morgan fingerprint density at radius 2 is 1.13 bits per heavy atom. The van der Waals surface area contributed by atoms with E-state index in [9.17, 15) is 81.1 Å². The van der Waals surface area contributed by atoms with Crippen molar-refractivity contribution in [1.82, 2.24) is 0 Å². The number of aldehydes is 1. The van der Waals surface area contributed by atoms with Crippen LogP contribution in [-0.4, -0.2) is 220 Å². The molecule has 3 aliphatic rings. The van der Waals surface area contributed by atoms with E-state index in [1.54, 1.807) is 0 Å². The van der Waals surface area contributed by atoms with E-state index < -0.39 is 142 Å². The van der Waals surface area contributed by atoms with Crippen LogP contribution in [0.25, 0.3) is 0 Å². The Morgan fingerprint density at radius 3 is 1.59 bits per heavy atom. The second-order valence-electron chi connectivity index (χ2n) is 10.8. The quantitative estimate of drug-likeness (QED) is 0.0757. The molecule has 0 aliphatic carbocycles. The van der Waals surface area contributed by atoms with Crippen LogP contribution >= 0.6 is 0 Å². The van der Waals surface area contributed by atoms with Crippen molar-refractivity contribution < 1.29 is 110 Å². The summed E-state index contributed by atoms with van der Waals surface area (Å²) in [5.41, 5.74) is 0. The monoisotopic (exact) mass is 680 g/mol. The predicted octanol–water partition coefficient (Wildman–Crippen LogP) is -9.81. The molecule has 14 N–H and O–H groups in total. The van der Waals surface area contributed by atoms with Crippen LogP contribution in [0.15, 0.2) is 0 Å². The third-order valence-electron chi connectivity index (χ3n) is 7.72. The fourth-order valence-electron chi connectivity index (χ4n) is 5.07. The first kappa shape index (κ1) is 38.8.